The fourth-order valence-electron chi connectivity index (χ4n) is 0.466. The minimum absolute atomic E-state index is 0.402. The normalized spacial score (nSPS) is 10.5. The lowest BCUT2D eigenvalue weighted by molar-refractivity contribution is 0.0489. The summed E-state index contributed by atoms with van der Waals surface area (Å²) in [5.74, 6) is 0. The topological polar surface area (TPSA) is 35.5 Å². The minimum atomic E-state index is -0.694. The van der Waals surface area contributed by atoms with Crippen LogP contribution in [0.5, 0.6) is 0 Å². The van der Waals surface area contributed by atoms with Crippen molar-refractivity contribution in [3.63, 3.8) is 0 Å². The zero-order valence-electron chi connectivity index (χ0n) is 7.96. The summed E-state index contributed by atoms with van der Waals surface area (Å²) in [5.41, 5.74) is -0.621. The van der Waals surface area contributed by atoms with Crippen LogP contribution in [0.3, 0.4) is 0 Å². The van der Waals surface area contributed by atoms with E-state index in [4.69, 9.17) is 11.6 Å². The average Bonchev–Trinajstić information content (AvgIpc) is 2.07. The number of carbonyl (C=O) groups excluding carboxylic acids is 1. The molecule has 0 aromatic carbocycles. The molecule has 0 heterocycles. The third kappa shape index (κ3) is 14.0. The molecule has 4 heteroatoms. The molecule has 0 aliphatic carbocycles. The number of halogens is 1. The Morgan fingerprint density at radius 3 is 2.46 bits per heavy atom. The Morgan fingerprint density at radius 1 is 1.54 bits per heavy atom. The minimum Gasteiger partial charge on any atom is -0.434 e. The second kappa shape index (κ2) is 11.1. The Bertz CT molecular complexity index is 143. The van der Waals surface area contributed by atoms with Crippen molar-refractivity contribution in [1.82, 2.24) is 0 Å². The Morgan fingerprint density at radius 2 is 2.08 bits per heavy atom. The summed E-state index contributed by atoms with van der Waals surface area (Å²) in [7, 11) is 0. The molecule has 0 aliphatic heterocycles. The van der Waals surface area contributed by atoms with Gasteiger partial charge in [-0.25, -0.2) is 4.79 Å². The lowest BCUT2D eigenvalue weighted by Gasteiger charge is -2.05. The Hall–Kier alpha value is -0.880. The van der Waals surface area contributed by atoms with Crippen LogP contribution >= 0.6 is 11.6 Å². The molecule has 1 atom stereocenters. The van der Waals surface area contributed by atoms with E-state index < -0.39 is 11.7 Å². The molecule has 0 fully saturated rings. The average molecular weight is 207 g/mol. The Kier molecular flexibility index (Phi) is 12.5. The highest BCUT2D eigenvalue weighted by atomic mass is 35.5. The number of carbonyl (C=O) groups is 1. The first-order chi connectivity index (χ1) is 6.16. The van der Waals surface area contributed by atoms with Crippen molar-refractivity contribution < 1.29 is 14.3 Å². The highest BCUT2D eigenvalue weighted by Crippen LogP contribution is 1.99. The Labute approximate surface area is 84.4 Å². The molecule has 0 aromatic rings. The largest absolute Gasteiger partial charge is 0.509 e. The molecule has 0 aromatic heterocycles. The van der Waals surface area contributed by atoms with E-state index in [1.807, 2.05) is 6.92 Å². The first-order valence-electron chi connectivity index (χ1n) is 3.97. The molecule has 0 spiro atoms. The molecule has 13 heavy (non-hydrogen) atoms. The van der Waals surface area contributed by atoms with E-state index in [0.717, 1.165) is 12.8 Å². The molecule has 0 aliphatic rings. The second-order valence-corrected chi connectivity index (χ2v) is 2.73. The van der Waals surface area contributed by atoms with Crippen LogP contribution in [0.1, 0.15) is 26.7 Å². The molecule has 0 saturated carbocycles. The van der Waals surface area contributed by atoms with Gasteiger partial charge in [0.2, 0.25) is 0 Å². The predicted molar refractivity (Wildman–Crippen MR) is 52.5 cm³/mol. The van der Waals surface area contributed by atoms with Crippen molar-refractivity contribution in [1.29, 1.82) is 0 Å². The van der Waals surface area contributed by atoms with Crippen molar-refractivity contribution in [3.05, 3.63) is 0 Å². The molecule has 0 rings (SSSR count). The van der Waals surface area contributed by atoms with Gasteiger partial charge in [-0.1, -0.05) is 24.9 Å². The van der Waals surface area contributed by atoms with Crippen LogP contribution in [0.4, 0.5) is 4.79 Å². The molecule has 1 unspecified atom stereocenters. The van der Waals surface area contributed by atoms with Crippen molar-refractivity contribution >= 4 is 17.8 Å². The van der Waals surface area contributed by atoms with E-state index >= 15 is 0 Å². The van der Waals surface area contributed by atoms with E-state index in [0.29, 0.717) is 6.61 Å². The van der Waals surface area contributed by atoms with E-state index in [-0.39, 0.29) is 0 Å². The zero-order chi connectivity index (χ0) is 10.7. The van der Waals surface area contributed by atoms with Gasteiger partial charge < -0.3 is 9.47 Å². The number of terminal acetylenes is 1. The van der Waals surface area contributed by atoms with Crippen LogP contribution in [0.15, 0.2) is 0 Å². The molecule has 0 radical (unpaired) electrons. The van der Waals surface area contributed by atoms with Crippen LogP contribution in [-0.4, -0.2) is 18.3 Å². The van der Waals surface area contributed by atoms with Gasteiger partial charge in [-0.15, -0.1) is 12.8 Å². The van der Waals surface area contributed by atoms with E-state index in [1.54, 1.807) is 6.92 Å². The second-order valence-electron chi connectivity index (χ2n) is 2.11. The molecule has 3 nitrogen and oxygen atoms in total. The van der Waals surface area contributed by atoms with Gasteiger partial charge in [0.1, 0.15) is 0 Å². The standard InChI is InChI=1S/C7H13ClO3.C2H2/c1-3-4-5-10-7(9)11-6(2)8;1-2/h6H,3-5H2,1-2H3;1-2H. The third-order valence-corrected chi connectivity index (χ3v) is 1.07. The number of alkyl halides is 1. The van der Waals surface area contributed by atoms with Crippen LogP contribution in [0.2, 0.25) is 0 Å². The maximum atomic E-state index is 10.6. The Balaban J connectivity index is 0. The maximum Gasteiger partial charge on any atom is 0.509 e. The van der Waals surface area contributed by atoms with Gasteiger partial charge in [-0.05, 0) is 13.3 Å². The zero-order valence-corrected chi connectivity index (χ0v) is 8.71. The highest BCUT2D eigenvalue weighted by molar-refractivity contribution is 6.19. The van der Waals surface area contributed by atoms with Crippen molar-refractivity contribution in [2.24, 2.45) is 0 Å². The predicted octanol–water partition coefficient (Wildman–Crippen LogP) is 2.77. The van der Waals surface area contributed by atoms with Crippen molar-refractivity contribution in [2.75, 3.05) is 6.61 Å². The summed E-state index contributed by atoms with van der Waals surface area (Å²) in [6, 6.07) is 0. The lowest BCUT2D eigenvalue weighted by Crippen LogP contribution is -2.11. The van der Waals surface area contributed by atoms with Crippen molar-refractivity contribution in [2.45, 2.75) is 32.3 Å². The third-order valence-electron chi connectivity index (χ3n) is 0.976. The van der Waals surface area contributed by atoms with Gasteiger partial charge in [-0.3, -0.25) is 0 Å². The van der Waals surface area contributed by atoms with Gasteiger partial charge in [0, 0.05) is 0 Å². The first-order valence-corrected chi connectivity index (χ1v) is 4.41. The summed E-state index contributed by atoms with van der Waals surface area (Å²) in [6.45, 7) is 3.97. The molecule has 0 bridgehead atoms. The molecular formula is C9H15ClO3. The van der Waals surface area contributed by atoms with Crippen LogP contribution in [0, 0.1) is 12.8 Å². The number of unbranched alkanes of at least 4 members (excludes halogenated alkanes) is 1. The van der Waals surface area contributed by atoms with Gasteiger partial charge in [0.25, 0.3) is 0 Å². The van der Waals surface area contributed by atoms with Crippen LogP contribution in [-0.2, 0) is 9.47 Å². The number of hydrogen-bond donors (Lipinski definition) is 0. The molecule has 0 N–H and O–H groups in total. The molecular weight excluding hydrogens is 192 g/mol. The van der Waals surface area contributed by atoms with E-state index in [1.165, 1.54) is 0 Å². The summed E-state index contributed by atoms with van der Waals surface area (Å²) in [4.78, 5) is 10.6. The van der Waals surface area contributed by atoms with Crippen molar-refractivity contribution in [3.8, 4) is 12.8 Å². The van der Waals surface area contributed by atoms with Crippen LogP contribution in [0.25, 0.3) is 0 Å². The van der Waals surface area contributed by atoms with Crippen LogP contribution < -0.4 is 0 Å². The first kappa shape index (κ1) is 14.6. The quantitative estimate of drug-likeness (QED) is 0.307. The lowest BCUT2D eigenvalue weighted by atomic mass is 10.4. The maximum absolute atomic E-state index is 10.6. The highest BCUT2D eigenvalue weighted by Gasteiger charge is 2.05. The summed E-state index contributed by atoms with van der Waals surface area (Å²) >= 11 is 5.36. The fraction of sp³-hybridized carbons (Fsp3) is 0.667. The van der Waals surface area contributed by atoms with E-state index in [2.05, 4.69) is 22.3 Å². The monoisotopic (exact) mass is 206 g/mol. The summed E-state index contributed by atoms with van der Waals surface area (Å²) in [5, 5.41) is 0. The van der Waals surface area contributed by atoms with Gasteiger partial charge in [-0.2, -0.15) is 0 Å². The summed E-state index contributed by atoms with van der Waals surface area (Å²) in [6.07, 6.45) is 9.15. The molecule has 76 valence electrons. The smallest absolute Gasteiger partial charge is 0.434 e. The van der Waals surface area contributed by atoms with E-state index in [9.17, 15) is 4.79 Å². The molecule has 0 saturated heterocycles. The fourth-order valence-corrected chi connectivity index (χ4v) is 0.539. The number of rotatable bonds is 4. The van der Waals surface area contributed by atoms with Gasteiger partial charge in [0.05, 0.1) is 6.61 Å². The van der Waals surface area contributed by atoms with Gasteiger partial charge in [0.15, 0.2) is 5.56 Å². The number of hydrogen-bond acceptors (Lipinski definition) is 3. The molecule has 0 amide bonds. The SMILES string of the molecule is C#C.CCCCOC(=O)OC(C)Cl. The van der Waals surface area contributed by atoms with Gasteiger partial charge >= 0.3 is 6.16 Å². The summed E-state index contributed by atoms with van der Waals surface area (Å²) < 4.78 is 9.15. The number of ether oxygens (including phenoxy) is 2.